The van der Waals surface area contributed by atoms with Crippen LogP contribution in [0.2, 0.25) is 5.02 Å². The minimum atomic E-state index is -0.207. The van der Waals surface area contributed by atoms with Gasteiger partial charge in [0.2, 0.25) is 0 Å². The molecule has 0 radical (unpaired) electrons. The van der Waals surface area contributed by atoms with E-state index in [0.29, 0.717) is 5.75 Å². The largest absolute Gasteiger partial charge is 0.473 e. The Morgan fingerprint density at radius 2 is 1.72 bits per heavy atom. The van der Waals surface area contributed by atoms with Crippen molar-refractivity contribution in [2.45, 2.75) is 71.5 Å². The molecule has 0 aliphatic carbocycles. The number of piperidine rings is 1. The normalized spacial score (nSPS) is 19.3. The fourth-order valence-electron chi connectivity index (χ4n) is 3.84. The average Bonchev–Trinajstić information content (AvgIpc) is 2.41. The van der Waals surface area contributed by atoms with Gasteiger partial charge in [-0.25, -0.2) is 4.79 Å². The smallest absolute Gasteiger partial charge is 0.317 e. The van der Waals surface area contributed by atoms with Gasteiger partial charge in [0.1, 0.15) is 5.75 Å². The average molecular weight is 368 g/mol. The highest BCUT2D eigenvalue weighted by molar-refractivity contribution is 6.32. The number of hydrogen-bond acceptors (Lipinski definition) is 3. The van der Waals surface area contributed by atoms with E-state index in [1.54, 1.807) is 0 Å². The summed E-state index contributed by atoms with van der Waals surface area (Å²) in [5.74, 6) is 0.698. The lowest BCUT2D eigenvalue weighted by molar-refractivity contribution is 0.146. The molecule has 2 rings (SSSR count). The molecule has 0 atom stereocenters. The molecular formula is C19H30ClN3O2. The second-order valence-corrected chi connectivity index (χ2v) is 8.69. The Hall–Kier alpha value is -1.46. The Labute approximate surface area is 155 Å². The summed E-state index contributed by atoms with van der Waals surface area (Å²) in [4.78, 5) is 12.2. The van der Waals surface area contributed by atoms with E-state index in [2.05, 4.69) is 43.6 Å². The molecule has 1 saturated heterocycles. The Balaban J connectivity index is 1.83. The van der Waals surface area contributed by atoms with E-state index in [4.69, 9.17) is 16.3 Å². The van der Waals surface area contributed by atoms with E-state index in [-0.39, 0.29) is 29.9 Å². The highest BCUT2D eigenvalue weighted by Crippen LogP contribution is 2.28. The highest BCUT2D eigenvalue weighted by atomic mass is 35.5. The molecule has 3 N–H and O–H groups in total. The first-order chi connectivity index (χ1) is 11.5. The third kappa shape index (κ3) is 5.79. The third-order valence-corrected chi connectivity index (χ3v) is 5.00. The van der Waals surface area contributed by atoms with Crippen molar-refractivity contribution in [3.63, 3.8) is 0 Å². The molecule has 140 valence electrons. The zero-order valence-corrected chi connectivity index (χ0v) is 16.8. The van der Waals surface area contributed by atoms with Crippen LogP contribution in [-0.4, -0.2) is 29.9 Å². The Morgan fingerprint density at radius 1 is 1.20 bits per heavy atom. The monoisotopic (exact) mass is 367 g/mol. The number of ether oxygens (including phenoxy) is 1. The quantitative estimate of drug-likeness (QED) is 0.707. The van der Waals surface area contributed by atoms with Gasteiger partial charge < -0.3 is 20.7 Å². The highest BCUT2D eigenvalue weighted by Gasteiger charge is 2.38. The van der Waals surface area contributed by atoms with Gasteiger partial charge in [-0.15, -0.1) is 0 Å². The van der Waals surface area contributed by atoms with E-state index in [1.807, 2.05) is 26.0 Å². The number of hydrogen-bond donors (Lipinski definition) is 3. The fraction of sp³-hybridized carbons (Fsp3) is 0.632. The molecule has 1 aliphatic heterocycles. The molecule has 25 heavy (non-hydrogen) atoms. The van der Waals surface area contributed by atoms with Crippen molar-refractivity contribution in [1.29, 1.82) is 0 Å². The van der Waals surface area contributed by atoms with Crippen molar-refractivity contribution < 1.29 is 9.53 Å². The molecule has 0 bridgehead atoms. The van der Waals surface area contributed by atoms with E-state index in [9.17, 15) is 4.79 Å². The van der Waals surface area contributed by atoms with Gasteiger partial charge in [0.05, 0.1) is 0 Å². The van der Waals surface area contributed by atoms with E-state index in [0.717, 1.165) is 29.0 Å². The van der Waals surface area contributed by atoms with Gasteiger partial charge in [-0.2, -0.15) is 0 Å². The van der Waals surface area contributed by atoms with Crippen molar-refractivity contribution in [2.75, 3.05) is 6.73 Å². The van der Waals surface area contributed by atoms with Gasteiger partial charge in [-0.1, -0.05) is 11.6 Å². The lowest BCUT2D eigenvalue weighted by atomic mass is 9.80. The Kier molecular flexibility index (Phi) is 5.89. The van der Waals surface area contributed by atoms with Crippen molar-refractivity contribution in [1.82, 2.24) is 16.0 Å². The van der Waals surface area contributed by atoms with Gasteiger partial charge in [0, 0.05) is 22.1 Å². The number of nitrogens with one attached hydrogen (secondary N) is 3. The number of rotatable bonds is 4. The number of amides is 2. The van der Waals surface area contributed by atoms with Crippen LogP contribution in [0.25, 0.3) is 0 Å². The first-order valence-corrected chi connectivity index (χ1v) is 9.08. The van der Waals surface area contributed by atoms with Crippen LogP contribution in [0.5, 0.6) is 5.75 Å². The first-order valence-electron chi connectivity index (χ1n) is 8.71. The van der Waals surface area contributed by atoms with Crippen LogP contribution in [0.3, 0.4) is 0 Å². The minimum Gasteiger partial charge on any atom is -0.473 e. The molecule has 1 aromatic rings. The van der Waals surface area contributed by atoms with Gasteiger partial charge in [-0.05, 0) is 77.6 Å². The zero-order valence-electron chi connectivity index (χ0n) is 16.0. The fourth-order valence-corrected chi connectivity index (χ4v) is 3.94. The van der Waals surface area contributed by atoms with Crippen LogP contribution in [0.15, 0.2) is 12.1 Å². The van der Waals surface area contributed by atoms with E-state index in [1.165, 1.54) is 0 Å². The summed E-state index contributed by atoms with van der Waals surface area (Å²) in [6.45, 7) is 12.6. The molecule has 5 nitrogen and oxygen atoms in total. The van der Waals surface area contributed by atoms with Crippen LogP contribution in [0.1, 0.15) is 51.7 Å². The standard InChI is InChI=1S/C19H30ClN3O2/c1-12-7-15(8-13(2)16(12)20)25-11-21-17(24)22-14-9-18(3,4)23-19(5,6)10-14/h7-8,14,23H,9-11H2,1-6H3,(H2,21,22,24). The summed E-state index contributed by atoms with van der Waals surface area (Å²) < 4.78 is 5.62. The van der Waals surface area contributed by atoms with Crippen molar-refractivity contribution in [3.8, 4) is 5.75 Å². The molecular weight excluding hydrogens is 338 g/mol. The van der Waals surface area contributed by atoms with Crippen LogP contribution < -0.4 is 20.7 Å². The predicted octanol–water partition coefficient (Wildman–Crippen LogP) is 3.90. The summed E-state index contributed by atoms with van der Waals surface area (Å²) in [5.41, 5.74) is 1.91. The second-order valence-electron chi connectivity index (χ2n) is 8.31. The number of carbonyl (C=O) groups excluding carboxylic acids is 1. The molecule has 0 saturated carbocycles. The summed E-state index contributed by atoms with van der Waals surface area (Å²) in [6.07, 6.45) is 1.78. The topological polar surface area (TPSA) is 62.4 Å². The maximum absolute atomic E-state index is 12.2. The number of urea groups is 1. The summed E-state index contributed by atoms with van der Waals surface area (Å²) in [6, 6.07) is 3.66. The number of halogens is 1. The van der Waals surface area contributed by atoms with Gasteiger partial charge in [0.25, 0.3) is 0 Å². The summed E-state index contributed by atoms with van der Waals surface area (Å²) in [5, 5.41) is 10.2. The minimum absolute atomic E-state index is 0.00540. The van der Waals surface area contributed by atoms with Gasteiger partial charge >= 0.3 is 6.03 Å². The van der Waals surface area contributed by atoms with Crippen LogP contribution in [0, 0.1) is 13.8 Å². The number of carbonyl (C=O) groups is 1. The maximum Gasteiger partial charge on any atom is 0.317 e. The molecule has 6 heteroatoms. The molecule has 0 spiro atoms. The van der Waals surface area contributed by atoms with E-state index >= 15 is 0 Å². The third-order valence-electron chi connectivity index (χ3n) is 4.41. The molecule has 0 unspecified atom stereocenters. The number of aryl methyl sites for hydroxylation is 2. The summed E-state index contributed by atoms with van der Waals surface area (Å²) >= 11 is 6.15. The van der Waals surface area contributed by atoms with Crippen LogP contribution in [-0.2, 0) is 0 Å². The molecule has 1 aliphatic rings. The molecule has 0 aromatic heterocycles. The number of benzene rings is 1. The van der Waals surface area contributed by atoms with Crippen molar-refractivity contribution in [2.24, 2.45) is 0 Å². The Morgan fingerprint density at radius 3 is 2.24 bits per heavy atom. The summed E-state index contributed by atoms with van der Waals surface area (Å²) in [7, 11) is 0. The zero-order chi connectivity index (χ0) is 18.8. The molecule has 1 fully saturated rings. The lowest BCUT2D eigenvalue weighted by Gasteiger charge is -2.46. The van der Waals surface area contributed by atoms with Crippen LogP contribution in [0.4, 0.5) is 4.79 Å². The molecule has 1 aromatic carbocycles. The molecule has 1 heterocycles. The maximum atomic E-state index is 12.2. The first kappa shape index (κ1) is 19.9. The van der Waals surface area contributed by atoms with Gasteiger partial charge in [0.15, 0.2) is 6.73 Å². The van der Waals surface area contributed by atoms with Crippen molar-refractivity contribution in [3.05, 3.63) is 28.3 Å². The molecule has 2 amide bonds. The predicted molar refractivity (Wildman–Crippen MR) is 102 cm³/mol. The van der Waals surface area contributed by atoms with Crippen LogP contribution >= 0.6 is 11.6 Å². The Bertz CT molecular complexity index is 605. The second kappa shape index (κ2) is 7.42. The van der Waals surface area contributed by atoms with Crippen molar-refractivity contribution >= 4 is 17.6 Å². The van der Waals surface area contributed by atoms with Gasteiger partial charge in [-0.3, -0.25) is 0 Å². The SMILES string of the molecule is Cc1cc(OCNC(=O)NC2CC(C)(C)NC(C)(C)C2)cc(C)c1Cl. The van der Waals surface area contributed by atoms with E-state index < -0.39 is 0 Å². The lowest BCUT2D eigenvalue weighted by Crippen LogP contribution is -2.62.